The number of nitrogens with zero attached hydrogens (tertiary/aromatic N) is 1. The fourth-order valence-electron chi connectivity index (χ4n) is 3.45. The molecule has 2 unspecified atom stereocenters. The van der Waals surface area contributed by atoms with Crippen LogP contribution in [-0.2, 0) is 0 Å². The normalized spacial score (nSPS) is 21.2. The molecule has 3 N–H and O–H groups in total. The van der Waals surface area contributed by atoms with Crippen LogP contribution in [0.2, 0.25) is 0 Å². The average Bonchev–Trinajstić information content (AvgIpc) is 2.46. The number of aromatic amines is 1. The molecule has 0 amide bonds. The average molecular weight is 333 g/mol. The molecular weight excluding hydrogens is 313 g/mol. The van der Waals surface area contributed by atoms with E-state index >= 15 is 0 Å². The molecule has 24 heavy (non-hydrogen) atoms. The first kappa shape index (κ1) is 16.4. The second-order valence-corrected chi connectivity index (χ2v) is 6.48. The fourth-order valence-corrected chi connectivity index (χ4v) is 3.45. The number of H-pyrrole nitrogens is 1. The van der Waals surface area contributed by atoms with Gasteiger partial charge in [-0.3, -0.25) is 4.79 Å². The fraction of sp³-hybridized carbons (Fsp3) is 0.412. The summed E-state index contributed by atoms with van der Waals surface area (Å²) in [5.74, 6) is -1.83. The van der Waals surface area contributed by atoms with Crippen molar-refractivity contribution in [3.8, 4) is 0 Å². The van der Waals surface area contributed by atoms with Crippen LogP contribution in [-0.4, -0.2) is 41.2 Å². The van der Waals surface area contributed by atoms with Crippen LogP contribution in [0.1, 0.15) is 29.9 Å². The maximum absolute atomic E-state index is 14.6. The zero-order chi connectivity index (χ0) is 17.6. The van der Waals surface area contributed by atoms with Gasteiger partial charge in [-0.05, 0) is 32.9 Å². The maximum atomic E-state index is 14.6. The van der Waals surface area contributed by atoms with Crippen LogP contribution in [0.25, 0.3) is 10.9 Å². The molecule has 0 aliphatic carbocycles. The van der Waals surface area contributed by atoms with E-state index in [1.54, 1.807) is 6.07 Å². The van der Waals surface area contributed by atoms with E-state index < -0.39 is 17.2 Å². The molecule has 2 heterocycles. The van der Waals surface area contributed by atoms with Gasteiger partial charge in [0.05, 0.1) is 11.2 Å². The molecule has 2 atom stereocenters. The van der Waals surface area contributed by atoms with Crippen molar-refractivity contribution in [3.05, 3.63) is 39.4 Å². The Labute approximate surface area is 138 Å². The standard InChI is InChI=1S/C17H20FN3O3/c1-8-6-21(7-9(2)19-8)14-5-13-11(4-12(14)18)16(22)15(17(23)24)10(3)20-13/h4-5,8-9,19H,6-7H2,1-3H3,(H,20,22)(H,23,24). The molecule has 3 rings (SSSR count). The van der Waals surface area contributed by atoms with Gasteiger partial charge in [0, 0.05) is 36.3 Å². The molecular formula is C17H20FN3O3. The van der Waals surface area contributed by atoms with Crippen LogP contribution in [0, 0.1) is 12.7 Å². The lowest BCUT2D eigenvalue weighted by Crippen LogP contribution is -2.54. The predicted molar refractivity (Wildman–Crippen MR) is 90.5 cm³/mol. The minimum Gasteiger partial charge on any atom is -0.477 e. The van der Waals surface area contributed by atoms with Crippen molar-refractivity contribution in [1.82, 2.24) is 10.3 Å². The number of rotatable bonds is 2. The largest absolute Gasteiger partial charge is 0.477 e. The number of piperazine rings is 1. The van der Waals surface area contributed by atoms with Gasteiger partial charge in [0.25, 0.3) is 0 Å². The topological polar surface area (TPSA) is 85.4 Å². The number of carboxylic acid groups (broad SMARTS) is 1. The number of aromatic nitrogens is 1. The number of carbonyl (C=O) groups is 1. The van der Waals surface area contributed by atoms with Gasteiger partial charge >= 0.3 is 5.97 Å². The number of anilines is 1. The number of fused-ring (bicyclic) bond motifs is 1. The number of carboxylic acids is 1. The summed E-state index contributed by atoms with van der Waals surface area (Å²) in [5.41, 5.74) is 0.110. The van der Waals surface area contributed by atoms with E-state index in [1.165, 1.54) is 6.92 Å². The molecule has 1 aromatic heterocycles. The van der Waals surface area contributed by atoms with Crippen LogP contribution in [0.4, 0.5) is 10.1 Å². The van der Waals surface area contributed by atoms with Crippen molar-refractivity contribution in [3.63, 3.8) is 0 Å². The summed E-state index contributed by atoms with van der Waals surface area (Å²) >= 11 is 0. The maximum Gasteiger partial charge on any atom is 0.341 e. The van der Waals surface area contributed by atoms with E-state index in [0.29, 0.717) is 24.3 Å². The quantitative estimate of drug-likeness (QED) is 0.781. The smallest absolute Gasteiger partial charge is 0.341 e. The second-order valence-electron chi connectivity index (χ2n) is 6.48. The molecule has 2 aromatic rings. The van der Waals surface area contributed by atoms with Gasteiger partial charge in [-0.15, -0.1) is 0 Å². The Bertz CT molecular complexity index is 867. The third-order valence-corrected chi connectivity index (χ3v) is 4.37. The van der Waals surface area contributed by atoms with Gasteiger partial charge in [-0.1, -0.05) is 0 Å². The third-order valence-electron chi connectivity index (χ3n) is 4.37. The molecule has 7 heteroatoms. The highest BCUT2D eigenvalue weighted by molar-refractivity contribution is 5.94. The van der Waals surface area contributed by atoms with E-state index in [0.717, 1.165) is 6.07 Å². The van der Waals surface area contributed by atoms with E-state index in [4.69, 9.17) is 5.11 Å². The van der Waals surface area contributed by atoms with Crippen molar-refractivity contribution < 1.29 is 14.3 Å². The molecule has 1 saturated heterocycles. The Balaban J connectivity index is 2.16. The summed E-state index contributed by atoms with van der Waals surface area (Å²) < 4.78 is 14.6. The summed E-state index contributed by atoms with van der Waals surface area (Å²) in [6.07, 6.45) is 0. The van der Waals surface area contributed by atoms with Crippen LogP contribution in [0.15, 0.2) is 16.9 Å². The highest BCUT2D eigenvalue weighted by Gasteiger charge is 2.24. The molecule has 0 radical (unpaired) electrons. The summed E-state index contributed by atoms with van der Waals surface area (Å²) in [4.78, 5) is 28.4. The van der Waals surface area contributed by atoms with Crippen molar-refractivity contribution in [2.75, 3.05) is 18.0 Å². The van der Waals surface area contributed by atoms with E-state index in [2.05, 4.69) is 10.3 Å². The Hall–Kier alpha value is -2.41. The monoisotopic (exact) mass is 333 g/mol. The number of nitrogens with one attached hydrogen (secondary N) is 2. The molecule has 1 fully saturated rings. The first-order chi connectivity index (χ1) is 11.3. The van der Waals surface area contributed by atoms with Gasteiger partial charge < -0.3 is 20.3 Å². The molecule has 1 aromatic carbocycles. The number of aromatic carboxylic acids is 1. The number of pyridine rings is 1. The SMILES string of the molecule is Cc1[nH]c2cc(N3CC(C)NC(C)C3)c(F)cc2c(=O)c1C(=O)O. The van der Waals surface area contributed by atoms with Crippen LogP contribution >= 0.6 is 0 Å². The minimum absolute atomic E-state index is 0.0514. The summed E-state index contributed by atoms with van der Waals surface area (Å²) in [6, 6.07) is 3.17. The number of hydrogen-bond acceptors (Lipinski definition) is 4. The van der Waals surface area contributed by atoms with Crippen molar-refractivity contribution in [1.29, 1.82) is 0 Å². The first-order valence-corrected chi connectivity index (χ1v) is 7.88. The Morgan fingerprint density at radius 3 is 2.50 bits per heavy atom. The highest BCUT2D eigenvalue weighted by Crippen LogP contribution is 2.26. The number of halogens is 1. The molecule has 0 saturated carbocycles. The lowest BCUT2D eigenvalue weighted by atomic mass is 10.1. The van der Waals surface area contributed by atoms with E-state index in [9.17, 15) is 14.0 Å². The Morgan fingerprint density at radius 2 is 1.92 bits per heavy atom. The second kappa shape index (κ2) is 5.90. The van der Waals surface area contributed by atoms with Crippen molar-refractivity contribution in [2.24, 2.45) is 0 Å². The van der Waals surface area contributed by atoms with Gasteiger partial charge in [0.1, 0.15) is 11.4 Å². The molecule has 0 bridgehead atoms. The molecule has 128 valence electrons. The number of benzene rings is 1. The van der Waals surface area contributed by atoms with Gasteiger partial charge in [0.2, 0.25) is 5.43 Å². The van der Waals surface area contributed by atoms with Gasteiger partial charge in [0.15, 0.2) is 0 Å². The third kappa shape index (κ3) is 2.75. The van der Waals surface area contributed by atoms with Gasteiger partial charge in [-0.2, -0.15) is 0 Å². The van der Waals surface area contributed by atoms with E-state index in [-0.39, 0.29) is 28.7 Å². The highest BCUT2D eigenvalue weighted by atomic mass is 19.1. The van der Waals surface area contributed by atoms with Crippen LogP contribution < -0.4 is 15.6 Å². The minimum atomic E-state index is -1.31. The first-order valence-electron chi connectivity index (χ1n) is 7.88. The lowest BCUT2D eigenvalue weighted by Gasteiger charge is -2.37. The van der Waals surface area contributed by atoms with Crippen molar-refractivity contribution in [2.45, 2.75) is 32.9 Å². The Kier molecular flexibility index (Phi) is 4.04. The van der Waals surface area contributed by atoms with Gasteiger partial charge in [-0.25, -0.2) is 9.18 Å². The zero-order valence-corrected chi connectivity index (χ0v) is 13.8. The zero-order valence-electron chi connectivity index (χ0n) is 13.8. The lowest BCUT2D eigenvalue weighted by molar-refractivity contribution is 0.0694. The molecule has 1 aliphatic rings. The van der Waals surface area contributed by atoms with Crippen molar-refractivity contribution >= 4 is 22.6 Å². The Morgan fingerprint density at radius 1 is 1.29 bits per heavy atom. The van der Waals surface area contributed by atoms with Crippen LogP contribution in [0.3, 0.4) is 0 Å². The summed E-state index contributed by atoms with van der Waals surface area (Å²) in [6.45, 7) is 6.91. The van der Waals surface area contributed by atoms with E-state index in [1.807, 2.05) is 18.7 Å². The number of aryl methyl sites for hydroxylation is 1. The molecule has 1 aliphatic heterocycles. The number of hydrogen-bond donors (Lipinski definition) is 3. The summed E-state index contributed by atoms with van der Waals surface area (Å²) in [5, 5.41) is 12.6. The van der Waals surface area contributed by atoms with Crippen LogP contribution in [0.5, 0.6) is 0 Å². The molecule has 6 nitrogen and oxygen atoms in total. The predicted octanol–water partition coefficient (Wildman–Crippen LogP) is 1.86. The summed E-state index contributed by atoms with van der Waals surface area (Å²) in [7, 11) is 0. The molecule has 0 spiro atoms.